The number of nitrogens with zero attached hydrogens (tertiary/aromatic N) is 2. The maximum absolute atomic E-state index is 12.6. The summed E-state index contributed by atoms with van der Waals surface area (Å²) in [6, 6.07) is 20.6. The predicted molar refractivity (Wildman–Crippen MR) is 166 cm³/mol. The number of unbranched alkanes of at least 4 members (excludes halogenated alkanes) is 6. The summed E-state index contributed by atoms with van der Waals surface area (Å²) in [6.07, 6.45) is 11.0. The van der Waals surface area contributed by atoms with E-state index in [0.717, 1.165) is 44.5 Å². The summed E-state index contributed by atoms with van der Waals surface area (Å²) >= 11 is 0. The Hall–Kier alpha value is -4.00. The van der Waals surface area contributed by atoms with Crippen molar-refractivity contribution in [3.63, 3.8) is 0 Å². The molecule has 0 radical (unpaired) electrons. The van der Waals surface area contributed by atoms with Crippen LogP contribution >= 0.6 is 0 Å². The van der Waals surface area contributed by atoms with Crippen LogP contribution in [-0.4, -0.2) is 24.6 Å². The lowest BCUT2D eigenvalue weighted by atomic mass is 10.1. The van der Waals surface area contributed by atoms with E-state index in [9.17, 15) is 9.59 Å². The quantitative estimate of drug-likeness (QED) is 0.0655. The highest BCUT2D eigenvalue weighted by atomic mass is 16.5. The van der Waals surface area contributed by atoms with Gasteiger partial charge in [0.25, 0.3) is 0 Å². The molecular weight excluding hydrogens is 528 g/mol. The molecule has 0 aliphatic rings. The largest absolute Gasteiger partial charge is 0.494 e. The van der Waals surface area contributed by atoms with Gasteiger partial charge < -0.3 is 14.2 Å². The highest BCUT2D eigenvalue weighted by molar-refractivity contribution is 5.92. The molecule has 0 unspecified atom stereocenters. The zero-order chi connectivity index (χ0) is 30.0. The van der Waals surface area contributed by atoms with E-state index in [0.29, 0.717) is 28.3 Å². The van der Waals surface area contributed by atoms with Gasteiger partial charge in [-0.2, -0.15) is 10.2 Å². The minimum absolute atomic E-state index is 0.0860. The van der Waals surface area contributed by atoms with Crippen LogP contribution in [0.15, 0.2) is 83.0 Å². The number of esters is 2. The van der Waals surface area contributed by atoms with Crippen molar-refractivity contribution in [2.45, 2.75) is 91.1 Å². The molecule has 0 saturated carbocycles. The molecule has 7 nitrogen and oxygen atoms in total. The molecule has 3 rings (SSSR count). The molecule has 0 amide bonds. The number of carbonyl (C=O) groups is 2. The molecule has 0 spiro atoms. The predicted octanol–water partition coefficient (Wildman–Crippen LogP) is 10.2. The van der Waals surface area contributed by atoms with E-state index in [2.05, 4.69) is 24.1 Å². The summed E-state index contributed by atoms with van der Waals surface area (Å²) in [5, 5.41) is 8.53. The van der Waals surface area contributed by atoms with Crippen LogP contribution in [0.4, 0.5) is 11.4 Å². The van der Waals surface area contributed by atoms with Crippen molar-refractivity contribution >= 4 is 23.3 Å². The van der Waals surface area contributed by atoms with Crippen LogP contribution in [0.1, 0.15) is 106 Å². The fraction of sp³-hybridized carbons (Fsp3) is 0.429. The van der Waals surface area contributed by atoms with Gasteiger partial charge in [-0.3, -0.25) is 0 Å². The summed E-state index contributed by atoms with van der Waals surface area (Å²) in [5.41, 5.74) is 2.13. The Balaban J connectivity index is 1.44. The Labute approximate surface area is 250 Å². The van der Waals surface area contributed by atoms with E-state index < -0.39 is 5.97 Å². The standard InChI is InChI=1S/C35H44N2O5/c1-4-7-9-10-11-12-26-40-32-24-20-30(21-25-32)37-36-29-18-14-27(15-19-29)35(39)42-33-22-16-28(17-23-33)34(38)41-31(6-3)13-8-5-2/h14-25,31H,4-13,26H2,1-3H3/t31-/m0/s1. The van der Waals surface area contributed by atoms with Crippen molar-refractivity contribution < 1.29 is 23.8 Å². The summed E-state index contributed by atoms with van der Waals surface area (Å²) < 4.78 is 16.9. The Morgan fingerprint density at radius 2 is 1.14 bits per heavy atom. The molecule has 0 aliphatic carbocycles. The number of ether oxygens (including phenoxy) is 3. The Morgan fingerprint density at radius 3 is 1.76 bits per heavy atom. The van der Waals surface area contributed by atoms with Gasteiger partial charge in [-0.25, -0.2) is 9.59 Å². The van der Waals surface area contributed by atoms with Crippen molar-refractivity contribution in [1.82, 2.24) is 0 Å². The number of hydrogen-bond acceptors (Lipinski definition) is 7. The monoisotopic (exact) mass is 572 g/mol. The van der Waals surface area contributed by atoms with Gasteiger partial charge in [0.1, 0.15) is 17.6 Å². The van der Waals surface area contributed by atoms with E-state index in [-0.39, 0.29) is 12.1 Å². The zero-order valence-corrected chi connectivity index (χ0v) is 25.2. The molecule has 0 heterocycles. The maximum atomic E-state index is 12.6. The Kier molecular flexibility index (Phi) is 14.3. The molecule has 0 aromatic heterocycles. The van der Waals surface area contributed by atoms with Crippen LogP contribution in [0.25, 0.3) is 0 Å². The molecule has 0 fully saturated rings. The molecule has 3 aromatic carbocycles. The molecule has 1 atom stereocenters. The Morgan fingerprint density at radius 1 is 0.619 bits per heavy atom. The zero-order valence-electron chi connectivity index (χ0n) is 25.2. The minimum atomic E-state index is -0.504. The molecule has 7 heteroatoms. The first-order chi connectivity index (χ1) is 20.5. The number of hydrogen-bond donors (Lipinski definition) is 0. The third-order valence-corrected chi connectivity index (χ3v) is 6.90. The van der Waals surface area contributed by atoms with Gasteiger partial charge in [0, 0.05) is 0 Å². The summed E-state index contributed by atoms with van der Waals surface area (Å²) in [6.45, 7) is 7.07. The average molecular weight is 573 g/mol. The van der Waals surface area contributed by atoms with Crippen molar-refractivity contribution in [2.75, 3.05) is 6.61 Å². The fourth-order valence-electron chi connectivity index (χ4n) is 4.28. The average Bonchev–Trinajstić information content (AvgIpc) is 3.02. The van der Waals surface area contributed by atoms with E-state index in [4.69, 9.17) is 14.2 Å². The van der Waals surface area contributed by atoms with Gasteiger partial charge in [-0.05, 0) is 92.1 Å². The van der Waals surface area contributed by atoms with E-state index in [1.54, 1.807) is 48.5 Å². The molecule has 42 heavy (non-hydrogen) atoms. The highest BCUT2D eigenvalue weighted by Gasteiger charge is 2.15. The second-order valence-electron chi connectivity index (χ2n) is 10.3. The van der Waals surface area contributed by atoms with E-state index in [1.165, 1.54) is 32.1 Å². The van der Waals surface area contributed by atoms with Crippen LogP contribution in [0.3, 0.4) is 0 Å². The Bertz CT molecular complexity index is 1240. The summed E-state index contributed by atoms with van der Waals surface area (Å²) in [4.78, 5) is 25.1. The van der Waals surface area contributed by atoms with Gasteiger partial charge in [0.2, 0.25) is 0 Å². The number of azo groups is 1. The first kappa shape index (κ1) is 32.5. The molecule has 0 bridgehead atoms. The normalized spacial score (nSPS) is 11.8. The van der Waals surface area contributed by atoms with Crippen molar-refractivity contribution in [2.24, 2.45) is 10.2 Å². The maximum Gasteiger partial charge on any atom is 0.343 e. The van der Waals surface area contributed by atoms with E-state index in [1.807, 2.05) is 31.2 Å². The molecule has 3 aromatic rings. The van der Waals surface area contributed by atoms with E-state index >= 15 is 0 Å². The van der Waals surface area contributed by atoms with Crippen LogP contribution in [0, 0.1) is 0 Å². The molecule has 0 saturated heterocycles. The number of rotatable bonds is 18. The first-order valence-corrected chi connectivity index (χ1v) is 15.3. The van der Waals surface area contributed by atoms with Gasteiger partial charge in [-0.1, -0.05) is 65.7 Å². The fourth-order valence-corrected chi connectivity index (χ4v) is 4.28. The molecular formula is C35H44N2O5. The van der Waals surface area contributed by atoms with Crippen LogP contribution in [-0.2, 0) is 4.74 Å². The lowest BCUT2D eigenvalue weighted by molar-refractivity contribution is 0.0268. The van der Waals surface area contributed by atoms with Crippen molar-refractivity contribution in [3.05, 3.63) is 83.9 Å². The smallest absolute Gasteiger partial charge is 0.343 e. The second kappa shape index (κ2) is 18.4. The number of carbonyl (C=O) groups excluding carboxylic acids is 2. The highest BCUT2D eigenvalue weighted by Crippen LogP contribution is 2.23. The topological polar surface area (TPSA) is 86.5 Å². The van der Waals surface area contributed by atoms with Crippen molar-refractivity contribution in [3.8, 4) is 11.5 Å². The lowest BCUT2D eigenvalue weighted by Crippen LogP contribution is -2.17. The molecule has 0 N–H and O–H groups in total. The van der Waals surface area contributed by atoms with Gasteiger partial charge >= 0.3 is 11.9 Å². The summed E-state index contributed by atoms with van der Waals surface area (Å²) in [5.74, 6) is 0.301. The van der Waals surface area contributed by atoms with Gasteiger partial charge in [-0.15, -0.1) is 0 Å². The van der Waals surface area contributed by atoms with Crippen LogP contribution in [0.2, 0.25) is 0 Å². The second-order valence-corrected chi connectivity index (χ2v) is 10.3. The third kappa shape index (κ3) is 11.5. The van der Waals surface area contributed by atoms with Crippen LogP contribution < -0.4 is 9.47 Å². The lowest BCUT2D eigenvalue weighted by Gasteiger charge is -2.15. The number of benzene rings is 3. The third-order valence-electron chi connectivity index (χ3n) is 6.90. The van der Waals surface area contributed by atoms with Gasteiger partial charge in [0.05, 0.1) is 29.1 Å². The SMILES string of the molecule is CCCCCCCCOc1ccc(N=Nc2ccc(C(=O)Oc3ccc(C(=O)O[C@@H](CC)CCCC)cc3)cc2)cc1. The van der Waals surface area contributed by atoms with Gasteiger partial charge in [0.15, 0.2) is 0 Å². The summed E-state index contributed by atoms with van der Waals surface area (Å²) in [7, 11) is 0. The van der Waals surface area contributed by atoms with Crippen molar-refractivity contribution in [1.29, 1.82) is 0 Å². The van der Waals surface area contributed by atoms with Crippen LogP contribution in [0.5, 0.6) is 11.5 Å². The molecule has 224 valence electrons. The first-order valence-electron chi connectivity index (χ1n) is 15.3. The minimum Gasteiger partial charge on any atom is -0.494 e. The molecule has 0 aliphatic heterocycles.